The van der Waals surface area contributed by atoms with Crippen molar-refractivity contribution in [2.75, 3.05) is 13.7 Å². The van der Waals surface area contributed by atoms with Gasteiger partial charge in [0.05, 0.1) is 11.6 Å². The number of halogens is 2. The summed E-state index contributed by atoms with van der Waals surface area (Å²) in [6, 6.07) is 3.53. The lowest BCUT2D eigenvalue weighted by molar-refractivity contribution is -0.0365. The van der Waals surface area contributed by atoms with Crippen molar-refractivity contribution in [1.29, 1.82) is 0 Å². The molecule has 0 saturated heterocycles. The Labute approximate surface area is 113 Å². The predicted octanol–water partition coefficient (Wildman–Crippen LogP) is 3.57. The molecular weight excluding hydrogens is 248 g/mol. The van der Waals surface area contributed by atoms with Crippen LogP contribution in [0.25, 0.3) is 0 Å². The summed E-state index contributed by atoms with van der Waals surface area (Å²) in [6.07, 6.45) is 4.01. The minimum Gasteiger partial charge on any atom is -0.376 e. The fourth-order valence-corrected chi connectivity index (χ4v) is 3.14. The van der Waals surface area contributed by atoms with Gasteiger partial charge < -0.3 is 10.1 Å². The Morgan fingerprint density at radius 1 is 1.21 bits per heavy atom. The van der Waals surface area contributed by atoms with Crippen LogP contribution in [0.5, 0.6) is 0 Å². The molecule has 106 valence electrons. The molecule has 0 spiro atoms. The van der Waals surface area contributed by atoms with E-state index >= 15 is 0 Å². The van der Waals surface area contributed by atoms with E-state index in [2.05, 4.69) is 5.32 Å². The largest absolute Gasteiger partial charge is 0.376 e. The molecule has 0 aliphatic heterocycles. The molecule has 1 aromatic carbocycles. The predicted molar refractivity (Wildman–Crippen MR) is 71.0 cm³/mol. The molecular formula is C15H21F2NO. The quantitative estimate of drug-likeness (QED) is 0.882. The maximum atomic E-state index is 13.4. The van der Waals surface area contributed by atoms with E-state index in [-0.39, 0.29) is 11.6 Å². The van der Waals surface area contributed by atoms with E-state index in [1.54, 1.807) is 7.11 Å². The van der Waals surface area contributed by atoms with Crippen LogP contribution in [0.1, 0.15) is 44.2 Å². The molecule has 0 heterocycles. The lowest BCUT2D eigenvalue weighted by atomic mass is 9.86. The third-order valence-corrected chi connectivity index (χ3v) is 4.01. The average Bonchev–Trinajstić information content (AvgIpc) is 2.84. The van der Waals surface area contributed by atoms with Crippen LogP contribution in [0, 0.1) is 11.6 Å². The molecule has 0 aromatic heterocycles. The fourth-order valence-electron chi connectivity index (χ4n) is 3.14. The van der Waals surface area contributed by atoms with E-state index in [1.165, 1.54) is 12.1 Å². The second-order valence-electron chi connectivity index (χ2n) is 5.17. The maximum absolute atomic E-state index is 13.4. The molecule has 0 radical (unpaired) electrons. The van der Waals surface area contributed by atoms with Gasteiger partial charge in [0.2, 0.25) is 0 Å². The van der Waals surface area contributed by atoms with Crippen LogP contribution in [-0.4, -0.2) is 19.3 Å². The summed E-state index contributed by atoms with van der Waals surface area (Å²) in [6.45, 7) is 2.72. The summed E-state index contributed by atoms with van der Waals surface area (Å²) >= 11 is 0. The van der Waals surface area contributed by atoms with Gasteiger partial charge in [0, 0.05) is 13.2 Å². The summed E-state index contributed by atoms with van der Waals surface area (Å²) in [5, 5.41) is 3.33. The zero-order valence-corrected chi connectivity index (χ0v) is 11.5. The zero-order valence-electron chi connectivity index (χ0n) is 11.5. The monoisotopic (exact) mass is 269 g/mol. The van der Waals surface area contributed by atoms with Gasteiger partial charge in [0.1, 0.15) is 11.6 Å². The van der Waals surface area contributed by atoms with Crippen LogP contribution in [-0.2, 0) is 4.74 Å². The van der Waals surface area contributed by atoms with E-state index in [0.29, 0.717) is 5.56 Å². The smallest absolute Gasteiger partial charge is 0.126 e. The van der Waals surface area contributed by atoms with Crippen LogP contribution >= 0.6 is 0 Å². The summed E-state index contributed by atoms with van der Waals surface area (Å²) in [5.41, 5.74) is 0.277. The third kappa shape index (κ3) is 2.95. The molecule has 1 unspecified atom stereocenters. The summed E-state index contributed by atoms with van der Waals surface area (Å²) in [7, 11) is 1.69. The highest BCUT2D eigenvalue weighted by molar-refractivity contribution is 5.25. The lowest BCUT2D eigenvalue weighted by Gasteiger charge is -2.37. The second-order valence-corrected chi connectivity index (χ2v) is 5.17. The van der Waals surface area contributed by atoms with Gasteiger partial charge in [-0.25, -0.2) is 8.78 Å². The molecule has 1 aromatic rings. The van der Waals surface area contributed by atoms with Crippen molar-refractivity contribution in [2.24, 2.45) is 0 Å². The molecule has 19 heavy (non-hydrogen) atoms. The van der Waals surface area contributed by atoms with Crippen molar-refractivity contribution in [2.45, 2.75) is 44.2 Å². The van der Waals surface area contributed by atoms with E-state index < -0.39 is 11.6 Å². The lowest BCUT2D eigenvalue weighted by Crippen LogP contribution is -2.43. The maximum Gasteiger partial charge on any atom is 0.126 e. The van der Waals surface area contributed by atoms with Gasteiger partial charge >= 0.3 is 0 Å². The molecule has 1 saturated carbocycles. The molecule has 1 N–H and O–H groups in total. The minimum atomic E-state index is -0.540. The number of ether oxygens (including phenoxy) is 1. The highest BCUT2D eigenvalue weighted by Gasteiger charge is 2.42. The molecule has 2 rings (SSSR count). The van der Waals surface area contributed by atoms with Crippen LogP contribution in [0.2, 0.25) is 0 Å². The van der Waals surface area contributed by atoms with Crippen LogP contribution in [0.4, 0.5) is 8.78 Å². The highest BCUT2D eigenvalue weighted by Crippen LogP contribution is 2.42. The van der Waals surface area contributed by atoms with Crippen molar-refractivity contribution in [3.63, 3.8) is 0 Å². The van der Waals surface area contributed by atoms with Crippen molar-refractivity contribution in [3.05, 3.63) is 35.4 Å². The summed E-state index contributed by atoms with van der Waals surface area (Å²) in [4.78, 5) is 0. The molecule has 1 fully saturated rings. The number of rotatable bonds is 5. The Bertz CT molecular complexity index is 410. The van der Waals surface area contributed by atoms with Gasteiger partial charge in [-0.3, -0.25) is 0 Å². The molecule has 4 heteroatoms. The summed E-state index contributed by atoms with van der Waals surface area (Å²) in [5.74, 6) is -1.08. The van der Waals surface area contributed by atoms with Crippen LogP contribution < -0.4 is 5.32 Å². The molecule has 1 atom stereocenters. The average molecular weight is 269 g/mol. The normalized spacial score (nSPS) is 19.6. The van der Waals surface area contributed by atoms with Gasteiger partial charge in [-0.15, -0.1) is 0 Å². The Kier molecular flexibility index (Phi) is 4.53. The van der Waals surface area contributed by atoms with Crippen molar-refractivity contribution >= 4 is 0 Å². The first-order chi connectivity index (χ1) is 9.11. The minimum absolute atomic E-state index is 0.171. The molecule has 1 aliphatic carbocycles. The molecule has 0 bridgehead atoms. The second kappa shape index (κ2) is 5.97. The topological polar surface area (TPSA) is 21.3 Å². The Hall–Kier alpha value is -1.00. The fraction of sp³-hybridized carbons (Fsp3) is 0.600. The van der Waals surface area contributed by atoms with Gasteiger partial charge in [-0.2, -0.15) is 0 Å². The van der Waals surface area contributed by atoms with Gasteiger partial charge in [0.25, 0.3) is 0 Å². The first kappa shape index (κ1) is 14.4. The molecule has 0 amide bonds. The standard InChI is InChI=1S/C15H21F2NO/c1-3-18-14(15(19-2)6-4-5-7-15)11-8-12(16)10-13(17)9-11/h8-10,14,18H,3-7H2,1-2H3. The number of benzene rings is 1. The van der Waals surface area contributed by atoms with Crippen molar-refractivity contribution < 1.29 is 13.5 Å². The van der Waals surface area contributed by atoms with Crippen molar-refractivity contribution in [3.8, 4) is 0 Å². The van der Waals surface area contributed by atoms with E-state index in [4.69, 9.17) is 4.74 Å². The highest BCUT2D eigenvalue weighted by atomic mass is 19.1. The van der Waals surface area contributed by atoms with Crippen molar-refractivity contribution in [1.82, 2.24) is 5.32 Å². The first-order valence-corrected chi connectivity index (χ1v) is 6.86. The number of hydrogen-bond donors (Lipinski definition) is 1. The van der Waals surface area contributed by atoms with Gasteiger partial charge in [-0.05, 0) is 37.1 Å². The zero-order chi connectivity index (χ0) is 13.9. The van der Waals surface area contributed by atoms with E-state index in [0.717, 1.165) is 38.3 Å². The molecule has 2 nitrogen and oxygen atoms in total. The van der Waals surface area contributed by atoms with Crippen LogP contribution in [0.15, 0.2) is 18.2 Å². The Morgan fingerprint density at radius 2 is 1.79 bits per heavy atom. The van der Waals surface area contributed by atoms with E-state index in [9.17, 15) is 8.78 Å². The first-order valence-electron chi connectivity index (χ1n) is 6.86. The van der Waals surface area contributed by atoms with Gasteiger partial charge in [-0.1, -0.05) is 19.8 Å². The number of methoxy groups -OCH3 is 1. The van der Waals surface area contributed by atoms with Crippen LogP contribution in [0.3, 0.4) is 0 Å². The number of nitrogens with one attached hydrogen (secondary N) is 1. The Balaban J connectivity index is 2.38. The molecule has 1 aliphatic rings. The number of likely N-dealkylation sites (N-methyl/N-ethyl adjacent to an activating group) is 1. The SMILES string of the molecule is CCNC(c1cc(F)cc(F)c1)C1(OC)CCCC1. The van der Waals surface area contributed by atoms with E-state index in [1.807, 2.05) is 6.92 Å². The summed E-state index contributed by atoms with van der Waals surface area (Å²) < 4.78 is 32.6. The van der Waals surface area contributed by atoms with Gasteiger partial charge in [0.15, 0.2) is 0 Å². The Morgan fingerprint density at radius 3 is 2.26 bits per heavy atom. The third-order valence-electron chi connectivity index (χ3n) is 4.01. The number of hydrogen-bond acceptors (Lipinski definition) is 2.